The van der Waals surface area contributed by atoms with Crippen molar-refractivity contribution in [1.29, 1.82) is 0 Å². The number of nitrogens with zero attached hydrogens (tertiary/aromatic N) is 6. The summed E-state index contributed by atoms with van der Waals surface area (Å²) in [5.74, 6) is 6.60. The number of nitrogen functional groups attached to an aromatic ring is 1. The van der Waals surface area contributed by atoms with Crippen LogP contribution >= 0.6 is 0 Å². The molecule has 90 valence electrons. The van der Waals surface area contributed by atoms with Gasteiger partial charge in [-0.25, -0.2) is 10.5 Å². The first-order valence-electron chi connectivity index (χ1n) is 5.18. The fourth-order valence-electron chi connectivity index (χ4n) is 1.22. The summed E-state index contributed by atoms with van der Waals surface area (Å²) in [6, 6.07) is 1.79. The topological polar surface area (TPSA) is 97.8 Å². The van der Waals surface area contributed by atoms with Crippen LogP contribution in [0.2, 0.25) is 0 Å². The zero-order valence-electron chi connectivity index (χ0n) is 9.70. The van der Waals surface area contributed by atoms with Gasteiger partial charge >= 0.3 is 0 Å². The Bertz CT molecular complexity index is 480. The molecule has 0 aliphatic rings. The highest BCUT2D eigenvalue weighted by Crippen LogP contribution is 2.10. The van der Waals surface area contributed by atoms with Crippen molar-refractivity contribution in [2.75, 3.05) is 23.9 Å². The minimum absolute atomic E-state index is 0.306. The molecule has 3 N–H and O–H groups in total. The lowest BCUT2D eigenvalue weighted by atomic mass is 10.6. The Labute approximate surface area is 98.5 Å². The minimum Gasteiger partial charge on any atom is -0.344 e. The Morgan fingerprint density at radius 1 is 1.41 bits per heavy atom. The van der Waals surface area contributed by atoms with Gasteiger partial charge in [0.05, 0.1) is 0 Å². The van der Waals surface area contributed by atoms with E-state index < -0.39 is 0 Å². The molecule has 0 radical (unpaired) electrons. The third-order valence-corrected chi connectivity index (χ3v) is 2.27. The molecule has 17 heavy (non-hydrogen) atoms. The summed E-state index contributed by atoms with van der Waals surface area (Å²) in [6.45, 7) is 2.79. The number of aromatic nitrogens is 5. The first kappa shape index (κ1) is 11.3. The first-order chi connectivity index (χ1) is 8.24. The van der Waals surface area contributed by atoms with Gasteiger partial charge in [0.1, 0.15) is 0 Å². The van der Waals surface area contributed by atoms with E-state index in [1.165, 1.54) is 0 Å². The maximum atomic E-state index is 5.33. The highest BCUT2D eigenvalue weighted by Gasteiger charge is 2.10. The number of hydrogen-bond donors (Lipinski definition) is 2. The fraction of sp³-hybridized carbons (Fsp3) is 0.333. The van der Waals surface area contributed by atoms with E-state index in [-0.39, 0.29) is 0 Å². The van der Waals surface area contributed by atoms with E-state index in [9.17, 15) is 0 Å². The lowest BCUT2D eigenvalue weighted by molar-refractivity contribution is 0.780. The van der Waals surface area contributed by atoms with E-state index in [1.54, 1.807) is 23.1 Å². The van der Waals surface area contributed by atoms with Gasteiger partial charge in [0.25, 0.3) is 5.95 Å². The molecule has 8 nitrogen and oxygen atoms in total. The van der Waals surface area contributed by atoms with Crippen LogP contribution in [0.25, 0.3) is 5.95 Å². The largest absolute Gasteiger partial charge is 0.344 e. The van der Waals surface area contributed by atoms with Crippen molar-refractivity contribution < 1.29 is 0 Å². The highest BCUT2D eigenvalue weighted by molar-refractivity contribution is 5.38. The van der Waals surface area contributed by atoms with Crippen molar-refractivity contribution in [2.45, 2.75) is 6.92 Å². The van der Waals surface area contributed by atoms with Gasteiger partial charge in [0.15, 0.2) is 0 Å². The molecule has 2 aromatic rings. The van der Waals surface area contributed by atoms with Gasteiger partial charge < -0.3 is 4.90 Å². The zero-order chi connectivity index (χ0) is 12.3. The van der Waals surface area contributed by atoms with E-state index in [4.69, 9.17) is 5.84 Å². The number of hydrogen-bond acceptors (Lipinski definition) is 7. The normalized spacial score (nSPS) is 10.3. The van der Waals surface area contributed by atoms with Crippen LogP contribution in [0.4, 0.5) is 11.9 Å². The Kier molecular flexibility index (Phi) is 3.15. The molecule has 0 bridgehead atoms. The molecule has 0 unspecified atom stereocenters. The molecule has 2 rings (SSSR count). The summed E-state index contributed by atoms with van der Waals surface area (Å²) in [5.41, 5.74) is 2.42. The second-order valence-electron chi connectivity index (χ2n) is 3.37. The van der Waals surface area contributed by atoms with Crippen LogP contribution < -0.4 is 16.2 Å². The van der Waals surface area contributed by atoms with Crippen molar-refractivity contribution in [3.05, 3.63) is 18.5 Å². The molecule has 0 atom stereocenters. The summed E-state index contributed by atoms with van der Waals surface area (Å²) in [7, 11) is 1.89. The predicted molar refractivity (Wildman–Crippen MR) is 63.7 cm³/mol. The van der Waals surface area contributed by atoms with Crippen molar-refractivity contribution in [1.82, 2.24) is 24.7 Å². The quantitative estimate of drug-likeness (QED) is 0.558. The van der Waals surface area contributed by atoms with Gasteiger partial charge in [-0.3, -0.25) is 5.43 Å². The van der Waals surface area contributed by atoms with Crippen LogP contribution in [0.1, 0.15) is 6.92 Å². The molecule has 0 aromatic carbocycles. The van der Waals surface area contributed by atoms with Crippen LogP contribution in [-0.4, -0.2) is 38.3 Å². The van der Waals surface area contributed by atoms with Gasteiger partial charge in [-0.15, -0.1) is 0 Å². The molecule has 0 saturated heterocycles. The van der Waals surface area contributed by atoms with Gasteiger partial charge in [0.2, 0.25) is 11.9 Å². The van der Waals surface area contributed by atoms with Gasteiger partial charge in [-0.1, -0.05) is 0 Å². The Hall–Kier alpha value is -2.22. The average Bonchev–Trinajstić information content (AvgIpc) is 2.91. The minimum atomic E-state index is 0.306. The third kappa shape index (κ3) is 2.31. The smallest absolute Gasteiger partial charge is 0.257 e. The van der Waals surface area contributed by atoms with E-state index >= 15 is 0 Å². The molecular formula is C9H14N8. The molecule has 8 heteroatoms. The van der Waals surface area contributed by atoms with E-state index in [0.717, 1.165) is 6.54 Å². The molecule has 0 spiro atoms. The number of anilines is 2. The zero-order valence-corrected chi connectivity index (χ0v) is 9.70. The van der Waals surface area contributed by atoms with E-state index in [0.29, 0.717) is 17.8 Å². The lowest BCUT2D eigenvalue weighted by Gasteiger charge is -2.15. The molecule has 2 heterocycles. The van der Waals surface area contributed by atoms with Crippen molar-refractivity contribution in [2.24, 2.45) is 5.84 Å². The lowest BCUT2D eigenvalue weighted by Crippen LogP contribution is -2.22. The predicted octanol–water partition coefficient (Wildman–Crippen LogP) is -0.201. The van der Waals surface area contributed by atoms with Crippen molar-refractivity contribution in [3.8, 4) is 5.95 Å². The van der Waals surface area contributed by atoms with E-state index in [2.05, 4.69) is 25.5 Å². The van der Waals surface area contributed by atoms with Crippen LogP contribution in [0, 0.1) is 0 Å². The van der Waals surface area contributed by atoms with Gasteiger partial charge in [-0.2, -0.15) is 20.1 Å². The molecule has 0 aliphatic heterocycles. The van der Waals surface area contributed by atoms with Crippen molar-refractivity contribution in [3.63, 3.8) is 0 Å². The monoisotopic (exact) mass is 234 g/mol. The Morgan fingerprint density at radius 2 is 2.24 bits per heavy atom. The van der Waals surface area contributed by atoms with Crippen LogP contribution in [0.15, 0.2) is 18.5 Å². The standard InChI is InChI=1S/C9H14N8/c1-3-16(2)8-12-7(15-10)13-9(14-8)17-6-4-5-11-17/h4-6H,3,10H2,1-2H3,(H,12,13,14,15). The van der Waals surface area contributed by atoms with Crippen LogP contribution in [0.5, 0.6) is 0 Å². The molecule has 0 saturated carbocycles. The number of nitrogens with one attached hydrogen (secondary N) is 1. The number of nitrogens with two attached hydrogens (primary N) is 1. The average molecular weight is 234 g/mol. The molecule has 0 amide bonds. The summed E-state index contributed by atoms with van der Waals surface area (Å²) >= 11 is 0. The molecular weight excluding hydrogens is 220 g/mol. The number of hydrazine groups is 1. The highest BCUT2D eigenvalue weighted by atomic mass is 15.4. The number of rotatable bonds is 4. The van der Waals surface area contributed by atoms with E-state index in [1.807, 2.05) is 18.9 Å². The summed E-state index contributed by atoms with van der Waals surface area (Å²) in [6.07, 6.45) is 3.41. The summed E-state index contributed by atoms with van der Waals surface area (Å²) in [5, 5.41) is 4.06. The summed E-state index contributed by atoms with van der Waals surface area (Å²) in [4.78, 5) is 14.5. The molecule has 0 aliphatic carbocycles. The maximum absolute atomic E-state index is 5.33. The van der Waals surface area contributed by atoms with Gasteiger partial charge in [-0.05, 0) is 13.0 Å². The SMILES string of the molecule is CCN(C)c1nc(NN)nc(-n2cccn2)n1. The van der Waals surface area contributed by atoms with Gasteiger partial charge in [0, 0.05) is 26.0 Å². The third-order valence-electron chi connectivity index (χ3n) is 2.27. The maximum Gasteiger partial charge on any atom is 0.257 e. The first-order valence-corrected chi connectivity index (χ1v) is 5.18. The Balaban J connectivity index is 2.46. The van der Waals surface area contributed by atoms with Crippen molar-refractivity contribution >= 4 is 11.9 Å². The van der Waals surface area contributed by atoms with Crippen LogP contribution in [-0.2, 0) is 0 Å². The molecule has 2 aromatic heterocycles. The van der Waals surface area contributed by atoms with Crippen LogP contribution in [0.3, 0.4) is 0 Å². The second-order valence-corrected chi connectivity index (χ2v) is 3.37. The Morgan fingerprint density at radius 3 is 2.82 bits per heavy atom. The molecule has 0 fully saturated rings. The summed E-state index contributed by atoms with van der Waals surface area (Å²) < 4.78 is 1.55. The second kappa shape index (κ2) is 4.74. The fourth-order valence-corrected chi connectivity index (χ4v) is 1.22.